The fourth-order valence-corrected chi connectivity index (χ4v) is 4.14. The zero-order valence-electron chi connectivity index (χ0n) is 16.3. The minimum atomic E-state index is 0.105. The van der Waals surface area contributed by atoms with Gasteiger partial charge in [0, 0.05) is 16.3 Å². The van der Waals surface area contributed by atoms with Crippen molar-refractivity contribution in [2.45, 2.75) is 12.8 Å². The van der Waals surface area contributed by atoms with E-state index in [4.69, 9.17) is 26.7 Å². The monoisotopic (exact) mass is 413 g/mol. The van der Waals surface area contributed by atoms with E-state index in [1.54, 1.807) is 0 Å². The zero-order chi connectivity index (χ0) is 20.5. The van der Waals surface area contributed by atoms with Gasteiger partial charge < -0.3 is 10.2 Å². The van der Waals surface area contributed by atoms with Gasteiger partial charge in [0.1, 0.15) is 23.0 Å². The van der Waals surface area contributed by atoms with Gasteiger partial charge in [-0.2, -0.15) is 0 Å². The van der Waals surface area contributed by atoms with E-state index in [0.717, 1.165) is 51.5 Å². The molecule has 4 nitrogen and oxygen atoms in total. The second kappa shape index (κ2) is 7.81. The second-order valence-corrected chi connectivity index (χ2v) is 7.44. The molecule has 0 radical (unpaired) electrons. The van der Waals surface area contributed by atoms with Crippen LogP contribution in [-0.2, 0) is 6.42 Å². The van der Waals surface area contributed by atoms with Crippen LogP contribution < -0.4 is 5.73 Å². The van der Waals surface area contributed by atoms with E-state index < -0.39 is 0 Å². The molecule has 0 bridgehead atoms. The molecule has 5 rings (SSSR count). The van der Waals surface area contributed by atoms with Gasteiger partial charge in [0.25, 0.3) is 0 Å². The maximum atomic E-state index is 6.48. The van der Waals surface area contributed by atoms with Crippen LogP contribution >= 0.6 is 11.6 Å². The number of amidine groups is 2. The number of nitrogens with zero attached hydrogens (tertiary/aromatic N) is 2. The second-order valence-electron chi connectivity index (χ2n) is 7.20. The van der Waals surface area contributed by atoms with Crippen LogP contribution in [0.4, 0.5) is 0 Å². The summed E-state index contributed by atoms with van der Waals surface area (Å²) in [5.74, 6) is 0.875. The predicted octanol–water partition coefficient (Wildman–Crippen LogP) is 5.89. The Hall–Kier alpha value is -3.37. The first-order chi connectivity index (χ1) is 14.8. The van der Waals surface area contributed by atoms with Crippen LogP contribution in [-0.4, -0.2) is 17.7 Å². The highest BCUT2D eigenvalue weighted by Crippen LogP contribution is 2.31. The van der Waals surface area contributed by atoms with Crippen LogP contribution in [0.3, 0.4) is 0 Å². The van der Waals surface area contributed by atoms with Crippen molar-refractivity contribution in [2.24, 2.45) is 15.7 Å². The largest absolute Gasteiger partial charge is 0.455 e. The number of hydrogen-bond acceptors (Lipinski definition) is 2. The smallest absolute Gasteiger partial charge is 0.158 e. The molecule has 5 heteroatoms. The minimum Gasteiger partial charge on any atom is -0.455 e. The number of rotatable bonds is 3. The summed E-state index contributed by atoms with van der Waals surface area (Å²) in [6.45, 7) is 0. The van der Waals surface area contributed by atoms with Crippen LogP contribution in [0, 0.1) is 0 Å². The molecule has 0 saturated heterocycles. The van der Waals surface area contributed by atoms with Crippen LogP contribution in [0.1, 0.15) is 28.7 Å². The number of benzene rings is 3. The Morgan fingerprint density at radius 1 is 0.967 bits per heavy atom. The summed E-state index contributed by atoms with van der Waals surface area (Å²) in [6.07, 6.45) is 6.35. The Morgan fingerprint density at radius 2 is 1.77 bits per heavy atom. The fraction of sp³-hybridized carbons (Fsp3) is 0.120. The molecule has 30 heavy (non-hydrogen) atoms. The van der Waals surface area contributed by atoms with Crippen molar-refractivity contribution in [3.05, 3.63) is 89.0 Å². The normalized spacial score (nSPS) is 14.4. The van der Waals surface area contributed by atoms with Crippen molar-refractivity contribution in [2.75, 3.05) is 6.00 Å². The van der Waals surface area contributed by atoms with Crippen molar-refractivity contribution < 1.29 is 4.42 Å². The SMILES string of the molecule is N/C(=N\C(=N/CCl)c1cccc2c1C=CCC2)c1cccc2c1oc1ccccc12. The zero-order valence-corrected chi connectivity index (χ0v) is 17.1. The summed E-state index contributed by atoms with van der Waals surface area (Å²) in [6, 6.07) is 20.2. The van der Waals surface area contributed by atoms with Crippen LogP contribution in [0.25, 0.3) is 28.0 Å². The van der Waals surface area contributed by atoms with Crippen LogP contribution in [0.5, 0.6) is 0 Å². The van der Waals surface area contributed by atoms with Crippen molar-refractivity contribution in [1.29, 1.82) is 0 Å². The summed E-state index contributed by atoms with van der Waals surface area (Å²) >= 11 is 5.97. The molecule has 0 spiro atoms. The summed E-state index contributed by atoms with van der Waals surface area (Å²) in [5.41, 5.74) is 12.1. The van der Waals surface area contributed by atoms with Crippen molar-refractivity contribution >= 4 is 51.3 Å². The molecule has 0 saturated carbocycles. The van der Waals surface area contributed by atoms with E-state index in [-0.39, 0.29) is 6.00 Å². The number of fused-ring (bicyclic) bond motifs is 4. The number of aliphatic imine (C=N–C) groups is 2. The van der Waals surface area contributed by atoms with E-state index in [1.807, 2.05) is 54.6 Å². The van der Waals surface area contributed by atoms with E-state index in [1.165, 1.54) is 5.56 Å². The molecule has 0 fully saturated rings. The lowest BCUT2D eigenvalue weighted by Crippen LogP contribution is -2.17. The molecule has 1 aromatic heterocycles. The highest BCUT2D eigenvalue weighted by molar-refractivity contribution is 6.21. The number of alkyl halides is 1. The summed E-state index contributed by atoms with van der Waals surface area (Å²) in [4.78, 5) is 9.14. The standard InChI is InChI=1S/C25H20ClN3O/c26-15-28-25(20-12-5-8-16-7-1-2-9-17(16)20)29-24(27)21-13-6-11-19-18-10-3-4-14-22(18)30-23(19)21/h2-6,8-14H,1,7,15H2,(H2,27,28,29). The maximum Gasteiger partial charge on any atom is 0.158 e. The van der Waals surface area contributed by atoms with Gasteiger partial charge in [-0.15, -0.1) is 11.6 Å². The highest BCUT2D eigenvalue weighted by Gasteiger charge is 2.16. The summed E-state index contributed by atoms with van der Waals surface area (Å²) in [5, 5.41) is 2.07. The molecule has 148 valence electrons. The van der Waals surface area contributed by atoms with E-state index >= 15 is 0 Å². The van der Waals surface area contributed by atoms with Gasteiger partial charge in [0.15, 0.2) is 5.84 Å². The summed E-state index contributed by atoms with van der Waals surface area (Å²) in [7, 11) is 0. The molecular weight excluding hydrogens is 394 g/mol. The molecule has 1 heterocycles. The Bertz CT molecular complexity index is 1350. The number of halogens is 1. The highest BCUT2D eigenvalue weighted by atomic mass is 35.5. The van der Waals surface area contributed by atoms with Crippen molar-refractivity contribution in [1.82, 2.24) is 0 Å². The van der Waals surface area contributed by atoms with Gasteiger partial charge >= 0.3 is 0 Å². The fourth-order valence-electron chi connectivity index (χ4n) is 4.02. The predicted molar refractivity (Wildman–Crippen MR) is 125 cm³/mol. The molecule has 0 atom stereocenters. The van der Waals surface area contributed by atoms with Gasteiger partial charge in [-0.25, -0.2) is 9.98 Å². The van der Waals surface area contributed by atoms with Crippen molar-refractivity contribution in [3.8, 4) is 0 Å². The average Bonchev–Trinajstić information content (AvgIpc) is 3.17. The molecule has 0 aliphatic heterocycles. The lowest BCUT2D eigenvalue weighted by molar-refractivity contribution is 0.668. The first kappa shape index (κ1) is 18.6. The Morgan fingerprint density at radius 3 is 2.67 bits per heavy atom. The number of furan rings is 1. The topological polar surface area (TPSA) is 63.9 Å². The molecule has 0 amide bonds. The van der Waals surface area contributed by atoms with E-state index in [0.29, 0.717) is 11.7 Å². The van der Waals surface area contributed by atoms with Gasteiger partial charge in [-0.1, -0.05) is 60.7 Å². The Labute approximate surface area is 179 Å². The molecule has 2 N–H and O–H groups in total. The average molecular weight is 414 g/mol. The van der Waals surface area contributed by atoms with Crippen molar-refractivity contribution in [3.63, 3.8) is 0 Å². The molecule has 0 unspecified atom stereocenters. The van der Waals surface area contributed by atoms with Crippen LogP contribution in [0.2, 0.25) is 0 Å². The van der Waals surface area contributed by atoms with E-state index in [9.17, 15) is 0 Å². The Balaban J connectivity index is 1.65. The number of nitrogens with two attached hydrogens (primary N) is 1. The quantitative estimate of drug-likeness (QED) is 0.197. The molecular formula is C25H20ClN3O. The lowest BCUT2D eigenvalue weighted by Gasteiger charge is -2.15. The van der Waals surface area contributed by atoms with Gasteiger partial charge in [-0.3, -0.25) is 0 Å². The third-order valence-corrected chi connectivity index (χ3v) is 5.54. The number of para-hydroxylation sites is 2. The van der Waals surface area contributed by atoms with Gasteiger partial charge in [0.2, 0.25) is 0 Å². The number of hydrogen-bond donors (Lipinski definition) is 1. The van der Waals surface area contributed by atoms with Gasteiger partial charge in [0.05, 0.1) is 5.56 Å². The van der Waals surface area contributed by atoms with Crippen LogP contribution in [0.15, 0.2) is 81.1 Å². The first-order valence-electron chi connectivity index (χ1n) is 9.90. The maximum absolute atomic E-state index is 6.48. The first-order valence-corrected chi connectivity index (χ1v) is 10.4. The number of allylic oxidation sites excluding steroid dienone is 1. The third kappa shape index (κ3) is 3.19. The number of aryl methyl sites for hydroxylation is 1. The Kier molecular flexibility index (Phi) is 4.85. The van der Waals surface area contributed by atoms with E-state index in [2.05, 4.69) is 23.2 Å². The molecule has 4 aromatic rings. The molecule has 1 aliphatic rings. The minimum absolute atomic E-state index is 0.105. The lowest BCUT2D eigenvalue weighted by atomic mass is 9.93. The summed E-state index contributed by atoms with van der Waals surface area (Å²) < 4.78 is 6.10. The molecule has 3 aromatic carbocycles. The molecule has 1 aliphatic carbocycles. The third-order valence-electron chi connectivity index (χ3n) is 5.42. The van der Waals surface area contributed by atoms with Gasteiger partial charge in [-0.05, 0) is 36.1 Å².